The Morgan fingerprint density at radius 1 is 1.00 bits per heavy atom. The van der Waals surface area contributed by atoms with E-state index in [1.807, 2.05) is 26.0 Å². The smallest absolute Gasteiger partial charge is 0.265 e. The molecule has 1 N–H and O–H groups in total. The number of aryl methyl sites for hydroxylation is 2. The van der Waals surface area contributed by atoms with Crippen LogP contribution >= 0.6 is 0 Å². The highest BCUT2D eigenvalue weighted by atomic mass is 16.5. The number of rotatable bonds is 6. The Kier molecular flexibility index (Phi) is 5.32. The SMILES string of the molecule is CC[C@@H](Oc1ccc(C)cc1C)C(=O)Nc1ccc(C23CC4CC(CC(C4)C2)C3)cc1. The van der Waals surface area contributed by atoms with Crippen molar-refractivity contribution in [2.24, 2.45) is 17.8 Å². The Morgan fingerprint density at radius 2 is 1.61 bits per heavy atom. The average Bonchev–Trinajstić information content (AvgIpc) is 2.72. The lowest BCUT2D eigenvalue weighted by Crippen LogP contribution is -2.48. The van der Waals surface area contributed by atoms with Crippen molar-refractivity contribution in [3.8, 4) is 5.75 Å². The molecule has 0 spiro atoms. The number of hydrogen-bond acceptors (Lipinski definition) is 2. The molecule has 4 fully saturated rings. The molecule has 4 bridgehead atoms. The second-order valence-corrected chi connectivity index (χ2v) is 10.5. The van der Waals surface area contributed by atoms with E-state index in [2.05, 4.69) is 42.6 Å². The normalized spacial score (nSPS) is 29.6. The second kappa shape index (κ2) is 8.00. The van der Waals surface area contributed by atoms with E-state index in [4.69, 9.17) is 4.74 Å². The lowest BCUT2D eigenvalue weighted by Gasteiger charge is -2.57. The van der Waals surface area contributed by atoms with Gasteiger partial charge in [-0.1, -0.05) is 36.8 Å². The van der Waals surface area contributed by atoms with Crippen LogP contribution in [-0.4, -0.2) is 12.0 Å². The Labute approximate surface area is 186 Å². The summed E-state index contributed by atoms with van der Waals surface area (Å²) in [6.07, 6.45) is 8.63. The second-order valence-electron chi connectivity index (χ2n) is 10.5. The maximum absolute atomic E-state index is 12.9. The molecule has 0 heterocycles. The third-order valence-corrected chi connectivity index (χ3v) is 8.07. The first-order valence-corrected chi connectivity index (χ1v) is 12.1. The number of benzene rings is 2. The third kappa shape index (κ3) is 4.00. The van der Waals surface area contributed by atoms with E-state index < -0.39 is 6.10 Å². The van der Waals surface area contributed by atoms with Crippen molar-refractivity contribution in [1.29, 1.82) is 0 Å². The quantitative estimate of drug-likeness (QED) is 0.577. The van der Waals surface area contributed by atoms with E-state index in [1.165, 1.54) is 49.7 Å². The minimum atomic E-state index is -0.496. The zero-order valence-electron chi connectivity index (χ0n) is 19.1. The van der Waals surface area contributed by atoms with Crippen molar-refractivity contribution >= 4 is 11.6 Å². The molecule has 0 unspecified atom stereocenters. The summed E-state index contributed by atoms with van der Waals surface area (Å²) >= 11 is 0. The number of carbonyl (C=O) groups is 1. The third-order valence-electron chi connectivity index (χ3n) is 8.07. The molecule has 31 heavy (non-hydrogen) atoms. The van der Waals surface area contributed by atoms with Gasteiger partial charge in [-0.25, -0.2) is 0 Å². The predicted octanol–water partition coefficient (Wildman–Crippen LogP) is 6.57. The predicted molar refractivity (Wildman–Crippen MR) is 126 cm³/mol. The number of ether oxygens (including phenoxy) is 1. The largest absolute Gasteiger partial charge is 0.480 e. The number of anilines is 1. The van der Waals surface area contributed by atoms with Crippen molar-refractivity contribution in [1.82, 2.24) is 0 Å². The molecule has 4 aliphatic rings. The van der Waals surface area contributed by atoms with Gasteiger partial charge in [0.05, 0.1) is 0 Å². The van der Waals surface area contributed by atoms with Gasteiger partial charge in [0.1, 0.15) is 5.75 Å². The summed E-state index contributed by atoms with van der Waals surface area (Å²) in [6, 6.07) is 14.8. The molecule has 2 aromatic rings. The summed E-state index contributed by atoms with van der Waals surface area (Å²) < 4.78 is 6.06. The molecule has 4 aliphatic carbocycles. The van der Waals surface area contributed by atoms with Crippen LogP contribution in [0, 0.1) is 31.6 Å². The Hall–Kier alpha value is -2.29. The molecule has 3 nitrogen and oxygen atoms in total. The van der Waals surface area contributed by atoms with E-state index in [-0.39, 0.29) is 5.91 Å². The van der Waals surface area contributed by atoms with Gasteiger partial charge >= 0.3 is 0 Å². The first-order valence-electron chi connectivity index (χ1n) is 12.1. The number of carbonyl (C=O) groups excluding carboxylic acids is 1. The molecule has 1 amide bonds. The van der Waals surface area contributed by atoms with Crippen LogP contribution < -0.4 is 10.1 Å². The van der Waals surface area contributed by atoms with Crippen LogP contribution in [0.15, 0.2) is 42.5 Å². The van der Waals surface area contributed by atoms with E-state index in [0.29, 0.717) is 11.8 Å². The summed E-state index contributed by atoms with van der Waals surface area (Å²) in [4.78, 5) is 12.9. The maximum Gasteiger partial charge on any atom is 0.265 e. The van der Waals surface area contributed by atoms with Gasteiger partial charge < -0.3 is 10.1 Å². The fourth-order valence-electron chi connectivity index (χ4n) is 7.00. The molecule has 4 saturated carbocycles. The molecule has 2 aromatic carbocycles. The van der Waals surface area contributed by atoms with Crippen LogP contribution in [0.1, 0.15) is 68.6 Å². The highest BCUT2D eigenvalue weighted by Crippen LogP contribution is 2.60. The Morgan fingerprint density at radius 3 is 2.16 bits per heavy atom. The number of nitrogens with one attached hydrogen (secondary N) is 1. The average molecular weight is 418 g/mol. The van der Waals surface area contributed by atoms with Crippen molar-refractivity contribution < 1.29 is 9.53 Å². The van der Waals surface area contributed by atoms with Crippen molar-refractivity contribution in [3.63, 3.8) is 0 Å². The summed E-state index contributed by atoms with van der Waals surface area (Å²) in [5.41, 5.74) is 5.01. The number of hydrogen-bond donors (Lipinski definition) is 1. The van der Waals surface area contributed by atoms with Gasteiger partial charge in [0.25, 0.3) is 5.91 Å². The van der Waals surface area contributed by atoms with Gasteiger partial charge in [0.15, 0.2) is 6.10 Å². The van der Waals surface area contributed by atoms with Gasteiger partial charge in [0, 0.05) is 5.69 Å². The first kappa shape index (κ1) is 20.6. The highest BCUT2D eigenvalue weighted by molar-refractivity contribution is 5.94. The molecule has 6 rings (SSSR count). The lowest BCUT2D eigenvalue weighted by molar-refractivity contribution is -0.122. The van der Waals surface area contributed by atoms with Crippen molar-refractivity contribution in [2.75, 3.05) is 5.32 Å². The van der Waals surface area contributed by atoms with Crippen LogP contribution in [0.3, 0.4) is 0 Å². The van der Waals surface area contributed by atoms with E-state index >= 15 is 0 Å². The Balaban J connectivity index is 1.26. The van der Waals surface area contributed by atoms with Gasteiger partial charge in [0.2, 0.25) is 0 Å². The summed E-state index contributed by atoms with van der Waals surface area (Å²) in [6.45, 7) is 6.08. The maximum atomic E-state index is 12.9. The molecular formula is C28H35NO2. The van der Waals surface area contributed by atoms with E-state index in [9.17, 15) is 4.79 Å². The topological polar surface area (TPSA) is 38.3 Å². The Bertz CT molecular complexity index is 926. The zero-order chi connectivity index (χ0) is 21.6. The molecule has 0 aliphatic heterocycles. The minimum absolute atomic E-state index is 0.0787. The van der Waals surface area contributed by atoms with Gasteiger partial charge in [-0.05, 0) is 111 Å². The van der Waals surface area contributed by atoms with Crippen molar-refractivity contribution in [2.45, 2.75) is 77.2 Å². The molecule has 0 saturated heterocycles. The van der Waals surface area contributed by atoms with E-state index in [0.717, 1.165) is 34.8 Å². The molecule has 0 radical (unpaired) electrons. The summed E-state index contributed by atoms with van der Waals surface area (Å²) in [5, 5.41) is 3.08. The van der Waals surface area contributed by atoms with Crippen molar-refractivity contribution in [3.05, 3.63) is 59.2 Å². The van der Waals surface area contributed by atoms with Crippen LogP contribution in [0.5, 0.6) is 5.75 Å². The molecule has 1 atom stereocenters. The minimum Gasteiger partial charge on any atom is -0.480 e. The monoisotopic (exact) mass is 417 g/mol. The molecule has 0 aromatic heterocycles. The van der Waals surface area contributed by atoms with E-state index in [1.54, 1.807) is 0 Å². The van der Waals surface area contributed by atoms with Gasteiger partial charge in [-0.3, -0.25) is 4.79 Å². The molecule has 164 valence electrons. The van der Waals surface area contributed by atoms with Crippen LogP contribution in [-0.2, 0) is 10.2 Å². The molecular weight excluding hydrogens is 382 g/mol. The zero-order valence-corrected chi connectivity index (χ0v) is 19.1. The summed E-state index contributed by atoms with van der Waals surface area (Å²) in [5.74, 6) is 3.53. The first-order chi connectivity index (χ1) is 14.9. The highest BCUT2D eigenvalue weighted by Gasteiger charge is 2.51. The van der Waals surface area contributed by atoms with Crippen LogP contribution in [0.4, 0.5) is 5.69 Å². The van der Waals surface area contributed by atoms with Gasteiger partial charge in [-0.15, -0.1) is 0 Å². The van der Waals surface area contributed by atoms with Gasteiger partial charge in [-0.2, -0.15) is 0 Å². The summed E-state index contributed by atoms with van der Waals surface area (Å²) in [7, 11) is 0. The molecule has 3 heteroatoms. The standard InChI is InChI=1S/C28H35NO2/c1-4-25(31-26-10-5-18(2)11-19(26)3)27(30)29-24-8-6-23(7-9-24)28-15-20-12-21(16-28)14-22(13-20)17-28/h5-11,20-22,25H,4,12-17H2,1-3H3,(H,29,30)/t20?,21?,22?,25-,28?/m1/s1. The lowest BCUT2D eigenvalue weighted by atomic mass is 9.48. The fourth-order valence-corrected chi connectivity index (χ4v) is 7.00. The van der Waals surface area contributed by atoms with Crippen LogP contribution in [0.2, 0.25) is 0 Å². The van der Waals surface area contributed by atoms with Crippen LogP contribution in [0.25, 0.3) is 0 Å². The fraction of sp³-hybridized carbons (Fsp3) is 0.536. The number of amides is 1.